The van der Waals surface area contributed by atoms with E-state index < -0.39 is 22.0 Å². The molecule has 0 aliphatic heterocycles. The predicted molar refractivity (Wildman–Crippen MR) is 110 cm³/mol. The van der Waals surface area contributed by atoms with Crippen LogP contribution in [0, 0.1) is 25.6 Å². The molecule has 1 atom stereocenters. The maximum atomic E-state index is 12.9. The van der Waals surface area contributed by atoms with Crippen molar-refractivity contribution in [3.05, 3.63) is 59.4 Å². The van der Waals surface area contributed by atoms with Crippen LogP contribution in [0.25, 0.3) is 0 Å². The van der Waals surface area contributed by atoms with E-state index in [1.165, 1.54) is 30.3 Å². The SMILES string of the molecule is Cc1ccc(S(=O)(=O)N[C@@H](C(=O)NCCOc2ccc(F)cc2)C(C)C)cc1C. The molecule has 6 nitrogen and oxygen atoms in total. The maximum Gasteiger partial charge on any atom is 0.241 e. The molecular formula is C21H27FN2O4S. The van der Waals surface area contributed by atoms with Gasteiger partial charge in [-0.3, -0.25) is 4.79 Å². The van der Waals surface area contributed by atoms with E-state index >= 15 is 0 Å². The molecule has 0 saturated carbocycles. The Balaban J connectivity index is 1.96. The smallest absolute Gasteiger partial charge is 0.241 e. The van der Waals surface area contributed by atoms with Gasteiger partial charge in [-0.2, -0.15) is 4.72 Å². The average molecular weight is 423 g/mol. The van der Waals surface area contributed by atoms with Crippen LogP contribution in [-0.4, -0.2) is 33.5 Å². The second-order valence-electron chi connectivity index (χ2n) is 7.18. The highest BCUT2D eigenvalue weighted by Crippen LogP contribution is 2.16. The lowest BCUT2D eigenvalue weighted by Crippen LogP contribution is -2.50. The van der Waals surface area contributed by atoms with Gasteiger partial charge in [0.25, 0.3) is 0 Å². The van der Waals surface area contributed by atoms with E-state index in [9.17, 15) is 17.6 Å². The van der Waals surface area contributed by atoms with Crippen molar-refractivity contribution in [2.75, 3.05) is 13.2 Å². The summed E-state index contributed by atoms with van der Waals surface area (Å²) in [5, 5.41) is 2.68. The summed E-state index contributed by atoms with van der Waals surface area (Å²) in [6.45, 7) is 7.63. The molecule has 8 heteroatoms. The molecule has 0 aliphatic carbocycles. The standard InChI is InChI=1S/C21H27FN2O4S/c1-14(2)20(24-29(26,27)19-10-5-15(3)16(4)13-19)21(25)23-11-12-28-18-8-6-17(22)7-9-18/h5-10,13-14,20,24H,11-12H2,1-4H3,(H,23,25)/t20-/m1/s1. The highest BCUT2D eigenvalue weighted by atomic mass is 32.2. The number of carbonyl (C=O) groups is 1. The van der Waals surface area contributed by atoms with Gasteiger partial charge in [0.1, 0.15) is 24.2 Å². The van der Waals surface area contributed by atoms with Crippen LogP contribution in [0.1, 0.15) is 25.0 Å². The van der Waals surface area contributed by atoms with E-state index in [0.29, 0.717) is 5.75 Å². The first kappa shape index (κ1) is 22.8. The Morgan fingerprint density at radius 2 is 1.72 bits per heavy atom. The Labute approximate surface area is 171 Å². The number of carbonyl (C=O) groups excluding carboxylic acids is 1. The normalized spacial score (nSPS) is 12.6. The monoisotopic (exact) mass is 422 g/mol. The summed E-state index contributed by atoms with van der Waals surface area (Å²) < 4.78 is 46.2. The Bertz CT molecular complexity index is 944. The topological polar surface area (TPSA) is 84.5 Å². The van der Waals surface area contributed by atoms with Crippen molar-refractivity contribution in [1.82, 2.24) is 10.0 Å². The molecule has 2 rings (SSSR count). The molecular weight excluding hydrogens is 395 g/mol. The summed E-state index contributed by atoms with van der Waals surface area (Å²) >= 11 is 0. The second-order valence-corrected chi connectivity index (χ2v) is 8.90. The number of hydrogen-bond acceptors (Lipinski definition) is 4. The third kappa shape index (κ3) is 6.54. The highest BCUT2D eigenvalue weighted by molar-refractivity contribution is 7.89. The zero-order valence-corrected chi connectivity index (χ0v) is 17.8. The van der Waals surface area contributed by atoms with Gasteiger partial charge in [-0.1, -0.05) is 19.9 Å². The van der Waals surface area contributed by atoms with Crippen molar-refractivity contribution in [2.24, 2.45) is 5.92 Å². The number of rotatable bonds is 9. The lowest BCUT2D eigenvalue weighted by molar-refractivity contribution is -0.123. The van der Waals surface area contributed by atoms with Crippen molar-refractivity contribution in [3.63, 3.8) is 0 Å². The van der Waals surface area contributed by atoms with Gasteiger partial charge in [0.15, 0.2) is 0 Å². The number of halogens is 1. The Morgan fingerprint density at radius 3 is 2.31 bits per heavy atom. The molecule has 0 radical (unpaired) electrons. The van der Waals surface area contributed by atoms with E-state index in [0.717, 1.165) is 11.1 Å². The first-order valence-corrected chi connectivity index (χ1v) is 10.8. The Hall–Kier alpha value is -2.45. The van der Waals surface area contributed by atoms with E-state index in [1.54, 1.807) is 26.0 Å². The third-order valence-electron chi connectivity index (χ3n) is 4.50. The van der Waals surface area contributed by atoms with Gasteiger partial charge < -0.3 is 10.1 Å². The third-order valence-corrected chi connectivity index (χ3v) is 5.94. The van der Waals surface area contributed by atoms with E-state index in [2.05, 4.69) is 10.0 Å². The van der Waals surface area contributed by atoms with Gasteiger partial charge in [-0.25, -0.2) is 12.8 Å². The zero-order chi connectivity index (χ0) is 21.6. The molecule has 0 unspecified atom stereocenters. The summed E-state index contributed by atoms with van der Waals surface area (Å²) in [5.41, 5.74) is 1.85. The maximum absolute atomic E-state index is 12.9. The van der Waals surface area contributed by atoms with E-state index in [-0.39, 0.29) is 29.8 Å². The molecule has 1 amide bonds. The first-order valence-electron chi connectivity index (χ1n) is 9.36. The van der Waals surface area contributed by atoms with Crippen molar-refractivity contribution in [1.29, 1.82) is 0 Å². The van der Waals surface area contributed by atoms with Crippen molar-refractivity contribution >= 4 is 15.9 Å². The number of benzene rings is 2. The van der Waals surface area contributed by atoms with Crippen molar-refractivity contribution < 1.29 is 22.3 Å². The van der Waals surface area contributed by atoms with Crippen LogP contribution in [0.5, 0.6) is 5.75 Å². The summed E-state index contributed by atoms with van der Waals surface area (Å²) in [6, 6.07) is 9.47. The first-order chi connectivity index (χ1) is 13.6. The molecule has 0 bridgehead atoms. The fourth-order valence-corrected chi connectivity index (χ4v) is 4.02. The minimum Gasteiger partial charge on any atom is -0.492 e. The van der Waals surface area contributed by atoms with Crippen molar-refractivity contribution in [2.45, 2.75) is 38.6 Å². The van der Waals surface area contributed by atoms with E-state index in [1.807, 2.05) is 13.8 Å². The molecule has 29 heavy (non-hydrogen) atoms. The number of ether oxygens (including phenoxy) is 1. The second kappa shape index (κ2) is 9.84. The zero-order valence-electron chi connectivity index (χ0n) is 17.0. The molecule has 0 spiro atoms. The fraction of sp³-hybridized carbons (Fsp3) is 0.381. The summed E-state index contributed by atoms with van der Waals surface area (Å²) in [6.07, 6.45) is 0. The molecule has 0 aliphatic rings. The molecule has 0 heterocycles. The van der Waals surface area contributed by atoms with Gasteiger partial charge in [-0.15, -0.1) is 0 Å². The minimum absolute atomic E-state index is 0.124. The van der Waals surface area contributed by atoms with Crippen LogP contribution in [-0.2, 0) is 14.8 Å². The Morgan fingerprint density at radius 1 is 1.07 bits per heavy atom. The van der Waals surface area contributed by atoms with Gasteiger partial charge in [0.05, 0.1) is 11.4 Å². The number of hydrogen-bond donors (Lipinski definition) is 2. The quantitative estimate of drug-likeness (QED) is 0.609. The van der Waals surface area contributed by atoms with Crippen molar-refractivity contribution in [3.8, 4) is 5.75 Å². The average Bonchev–Trinajstić information content (AvgIpc) is 2.66. The number of sulfonamides is 1. The fourth-order valence-electron chi connectivity index (χ4n) is 2.59. The molecule has 0 fully saturated rings. The molecule has 0 saturated heterocycles. The molecule has 2 aromatic carbocycles. The summed E-state index contributed by atoms with van der Waals surface area (Å²) in [4.78, 5) is 12.7. The number of aryl methyl sites for hydroxylation is 2. The lowest BCUT2D eigenvalue weighted by Gasteiger charge is -2.22. The van der Waals surface area contributed by atoms with Crippen LogP contribution < -0.4 is 14.8 Å². The molecule has 0 aromatic heterocycles. The number of amides is 1. The molecule has 2 aromatic rings. The predicted octanol–water partition coefficient (Wildman–Crippen LogP) is 2.94. The highest BCUT2D eigenvalue weighted by Gasteiger charge is 2.28. The van der Waals surface area contributed by atoms with Gasteiger partial charge >= 0.3 is 0 Å². The Kier molecular flexibility index (Phi) is 7.75. The molecule has 2 N–H and O–H groups in total. The summed E-state index contributed by atoms with van der Waals surface area (Å²) in [7, 11) is -3.84. The van der Waals surface area contributed by atoms with E-state index in [4.69, 9.17) is 4.74 Å². The largest absolute Gasteiger partial charge is 0.492 e. The van der Waals surface area contributed by atoms with Gasteiger partial charge in [0.2, 0.25) is 15.9 Å². The van der Waals surface area contributed by atoms with Crippen LogP contribution in [0.3, 0.4) is 0 Å². The summed E-state index contributed by atoms with van der Waals surface area (Å²) in [5.74, 6) is -0.567. The minimum atomic E-state index is -3.84. The van der Waals surface area contributed by atoms with Crippen LogP contribution >= 0.6 is 0 Å². The van der Waals surface area contributed by atoms with Crippen LogP contribution in [0.4, 0.5) is 4.39 Å². The van der Waals surface area contributed by atoms with Crippen LogP contribution in [0.2, 0.25) is 0 Å². The van der Waals surface area contributed by atoms with Gasteiger partial charge in [0, 0.05) is 0 Å². The number of nitrogens with one attached hydrogen (secondary N) is 2. The lowest BCUT2D eigenvalue weighted by atomic mass is 10.1. The van der Waals surface area contributed by atoms with Gasteiger partial charge in [-0.05, 0) is 67.3 Å². The molecule has 158 valence electrons. The van der Waals surface area contributed by atoms with Crippen LogP contribution in [0.15, 0.2) is 47.4 Å².